The second kappa shape index (κ2) is 13.5. The highest BCUT2D eigenvalue weighted by molar-refractivity contribution is 7.90. The fraction of sp³-hybridized carbons (Fsp3) is 0.310. The molecule has 1 atom stereocenters. The molecule has 3 aromatic rings. The second-order valence-corrected chi connectivity index (χ2v) is 11.8. The summed E-state index contributed by atoms with van der Waals surface area (Å²) >= 11 is 0. The van der Waals surface area contributed by atoms with Crippen molar-refractivity contribution in [2.24, 2.45) is 0 Å². The molecule has 0 saturated carbocycles. The van der Waals surface area contributed by atoms with Crippen molar-refractivity contribution in [3.05, 3.63) is 102 Å². The molecule has 0 radical (unpaired) electrons. The van der Waals surface area contributed by atoms with Crippen LogP contribution in [-0.2, 0) is 32.8 Å². The van der Waals surface area contributed by atoms with E-state index in [1.807, 2.05) is 30.3 Å². The van der Waals surface area contributed by atoms with Crippen molar-refractivity contribution in [3.63, 3.8) is 0 Å². The van der Waals surface area contributed by atoms with Gasteiger partial charge in [-0.3, -0.25) is 9.59 Å². The van der Waals surface area contributed by atoms with Crippen molar-refractivity contribution >= 4 is 27.7 Å². The Bertz CT molecular complexity index is 1400. The average Bonchev–Trinajstić information content (AvgIpc) is 2.90. The number of rotatable bonds is 12. The molecule has 0 spiro atoms. The Morgan fingerprint density at radius 1 is 0.850 bits per heavy atom. The molecule has 3 rings (SSSR count). The van der Waals surface area contributed by atoms with Crippen molar-refractivity contribution in [1.29, 1.82) is 0 Å². The van der Waals surface area contributed by atoms with Crippen LogP contribution < -0.4 is 9.62 Å². The number of hydrogen-bond donors (Lipinski definition) is 1. The molecule has 0 bridgehead atoms. The van der Waals surface area contributed by atoms with E-state index in [1.54, 1.807) is 13.8 Å². The van der Waals surface area contributed by atoms with Crippen molar-refractivity contribution in [3.8, 4) is 0 Å². The number of hydrogen-bond acceptors (Lipinski definition) is 4. The minimum Gasteiger partial charge on any atom is -0.352 e. The van der Waals surface area contributed by atoms with E-state index in [0.717, 1.165) is 15.9 Å². The first-order chi connectivity index (χ1) is 18.9. The summed E-state index contributed by atoms with van der Waals surface area (Å²) in [5.41, 5.74) is 0.991. The summed E-state index contributed by atoms with van der Waals surface area (Å²) in [4.78, 5) is 28.8. The van der Waals surface area contributed by atoms with Crippen LogP contribution in [0.2, 0.25) is 0 Å². The lowest BCUT2D eigenvalue weighted by molar-refractivity contribution is -0.140. The van der Waals surface area contributed by atoms with E-state index in [9.17, 15) is 26.8 Å². The van der Waals surface area contributed by atoms with Gasteiger partial charge in [-0.25, -0.2) is 13.1 Å². The molecule has 0 aromatic heterocycles. The van der Waals surface area contributed by atoms with Crippen LogP contribution in [0.15, 0.2) is 78.9 Å². The molecule has 0 aliphatic rings. The minimum atomic E-state index is -4.32. The van der Waals surface area contributed by atoms with Gasteiger partial charge in [-0.2, -0.15) is 12.7 Å². The highest BCUT2D eigenvalue weighted by Gasteiger charge is 2.35. The number of benzene rings is 3. The fourth-order valence-electron chi connectivity index (χ4n) is 4.08. The number of halogens is 2. The Hall–Kier alpha value is -3.83. The molecule has 0 unspecified atom stereocenters. The maximum Gasteiger partial charge on any atom is 0.304 e. The first-order valence-electron chi connectivity index (χ1n) is 12.7. The van der Waals surface area contributed by atoms with Crippen LogP contribution in [0.25, 0.3) is 0 Å². The summed E-state index contributed by atoms with van der Waals surface area (Å²) in [7, 11) is -1.76. The summed E-state index contributed by atoms with van der Waals surface area (Å²) in [6.45, 7) is 2.68. The van der Waals surface area contributed by atoms with Crippen molar-refractivity contribution in [1.82, 2.24) is 14.5 Å². The minimum absolute atomic E-state index is 0.116. The quantitative estimate of drug-likeness (QED) is 0.358. The third kappa shape index (κ3) is 7.86. The van der Waals surface area contributed by atoms with Crippen LogP contribution in [0.4, 0.5) is 14.5 Å². The topological polar surface area (TPSA) is 90.0 Å². The molecule has 0 heterocycles. The molecule has 0 fully saturated rings. The summed E-state index contributed by atoms with van der Waals surface area (Å²) < 4.78 is 56.6. The van der Waals surface area contributed by atoms with E-state index in [1.165, 1.54) is 61.5 Å². The fourth-order valence-corrected chi connectivity index (χ4v) is 5.14. The summed E-state index contributed by atoms with van der Waals surface area (Å²) in [6, 6.07) is 18.5. The summed E-state index contributed by atoms with van der Waals surface area (Å²) in [6.07, 6.45) is 0.131. The Labute approximate surface area is 234 Å². The number of anilines is 1. The van der Waals surface area contributed by atoms with Gasteiger partial charge in [-0.05, 0) is 49.2 Å². The van der Waals surface area contributed by atoms with Crippen LogP contribution in [0.1, 0.15) is 25.0 Å². The highest BCUT2D eigenvalue weighted by Crippen LogP contribution is 2.24. The molecule has 11 heteroatoms. The van der Waals surface area contributed by atoms with Gasteiger partial charge >= 0.3 is 10.2 Å². The van der Waals surface area contributed by atoms with Gasteiger partial charge in [0.05, 0.1) is 5.69 Å². The van der Waals surface area contributed by atoms with Crippen LogP contribution in [0, 0.1) is 11.6 Å². The first-order valence-corrected chi connectivity index (χ1v) is 14.1. The third-order valence-electron chi connectivity index (χ3n) is 6.11. The summed E-state index contributed by atoms with van der Waals surface area (Å²) in [5.74, 6) is -2.48. The van der Waals surface area contributed by atoms with E-state index < -0.39 is 46.2 Å². The van der Waals surface area contributed by atoms with Gasteiger partial charge in [0.2, 0.25) is 11.8 Å². The second-order valence-electron chi connectivity index (χ2n) is 9.77. The molecule has 40 heavy (non-hydrogen) atoms. The molecular formula is C29H34F2N4O4S. The zero-order valence-electron chi connectivity index (χ0n) is 22.9. The molecule has 8 nitrogen and oxygen atoms in total. The molecule has 0 aliphatic carbocycles. The van der Waals surface area contributed by atoms with Gasteiger partial charge in [0.15, 0.2) is 0 Å². The van der Waals surface area contributed by atoms with Crippen LogP contribution in [0.5, 0.6) is 0 Å². The Balaban J connectivity index is 2.10. The van der Waals surface area contributed by atoms with Gasteiger partial charge in [-0.15, -0.1) is 0 Å². The monoisotopic (exact) mass is 572 g/mol. The molecule has 214 valence electrons. The number of nitrogens with one attached hydrogen (secondary N) is 1. The first kappa shape index (κ1) is 30.7. The lowest BCUT2D eigenvalue weighted by Crippen LogP contribution is -2.55. The normalized spacial score (nSPS) is 12.3. The van der Waals surface area contributed by atoms with Crippen molar-refractivity contribution < 1.29 is 26.8 Å². The average molecular weight is 573 g/mol. The number of amides is 2. The van der Waals surface area contributed by atoms with Crippen LogP contribution in [-0.4, -0.2) is 62.2 Å². The number of carbonyl (C=O) groups excluding carboxylic acids is 2. The van der Waals surface area contributed by atoms with Crippen LogP contribution >= 0.6 is 0 Å². The van der Waals surface area contributed by atoms with Gasteiger partial charge in [0.25, 0.3) is 0 Å². The van der Waals surface area contributed by atoms with Gasteiger partial charge < -0.3 is 10.2 Å². The molecule has 0 aliphatic heterocycles. The molecule has 3 aromatic carbocycles. The smallest absolute Gasteiger partial charge is 0.304 e. The van der Waals surface area contributed by atoms with E-state index in [4.69, 9.17) is 0 Å². The molecule has 0 saturated heterocycles. The maximum atomic E-state index is 14.8. The van der Waals surface area contributed by atoms with Gasteiger partial charge in [-0.1, -0.05) is 54.6 Å². The van der Waals surface area contributed by atoms with Gasteiger partial charge in [0.1, 0.15) is 24.2 Å². The Morgan fingerprint density at radius 3 is 2.02 bits per heavy atom. The SMILES string of the molecule is CC(C)NC(=O)[C@@H](Cc1ccccc1)N(Cc1ccc(F)cc1)C(=O)CN(c1ccccc1F)S(=O)(=O)N(C)C. The zero-order valence-corrected chi connectivity index (χ0v) is 23.7. The van der Waals surface area contributed by atoms with E-state index in [-0.39, 0.29) is 24.7 Å². The van der Waals surface area contributed by atoms with E-state index in [0.29, 0.717) is 9.87 Å². The lowest BCUT2D eigenvalue weighted by Gasteiger charge is -2.34. The Kier molecular flexibility index (Phi) is 10.4. The maximum absolute atomic E-state index is 14.8. The van der Waals surface area contributed by atoms with Crippen molar-refractivity contribution in [2.45, 2.75) is 38.9 Å². The Morgan fingerprint density at radius 2 is 1.45 bits per heavy atom. The third-order valence-corrected chi connectivity index (χ3v) is 7.91. The van der Waals surface area contributed by atoms with Crippen LogP contribution in [0.3, 0.4) is 0 Å². The predicted molar refractivity (Wildman–Crippen MR) is 151 cm³/mol. The zero-order chi connectivity index (χ0) is 29.4. The number of para-hydroxylation sites is 1. The largest absolute Gasteiger partial charge is 0.352 e. The molecule has 2 amide bonds. The van der Waals surface area contributed by atoms with Gasteiger partial charge in [0, 0.05) is 33.1 Å². The lowest BCUT2D eigenvalue weighted by atomic mass is 10.0. The summed E-state index contributed by atoms with van der Waals surface area (Å²) in [5, 5.41) is 2.84. The number of nitrogens with zero attached hydrogens (tertiary/aromatic N) is 3. The van der Waals surface area contributed by atoms with E-state index >= 15 is 0 Å². The van der Waals surface area contributed by atoms with Crippen molar-refractivity contribution in [2.75, 3.05) is 24.9 Å². The highest BCUT2D eigenvalue weighted by atomic mass is 32.2. The number of carbonyl (C=O) groups is 2. The van der Waals surface area contributed by atoms with E-state index in [2.05, 4.69) is 5.32 Å². The standard InChI is InChI=1S/C29H34F2N4O4S/c1-21(2)32-29(37)27(18-22-10-6-5-7-11-22)34(19-23-14-16-24(30)17-15-23)28(36)20-35(40(38,39)33(3)4)26-13-9-8-12-25(26)31/h5-17,21,27H,18-20H2,1-4H3,(H,32,37)/t27-/m1/s1. The molecular weight excluding hydrogens is 538 g/mol. The molecule has 1 N–H and O–H groups in total. The predicted octanol–water partition coefficient (Wildman–Crippen LogP) is 3.74.